The molecule has 1 rings (SSSR count). The molecule has 1 saturated heterocycles. The first-order chi connectivity index (χ1) is 6.52. The minimum Gasteiger partial charge on any atom is -0.374 e. The molecule has 0 aliphatic carbocycles. The highest BCUT2D eigenvalue weighted by atomic mass is 16.5. The Balaban J connectivity index is 2.51. The third-order valence-electron chi connectivity index (χ3n) is 2.54. The Labute approximate surface area is 85.4 Å². The summed E-state index contributed by atoms with van der Waals surface area (Å²) in [5.74, 6) is 0.470. The topological polar surface area (TPSA) is 55.6 Å². The van der Waals surface area contributed by atoms with E-state index in [0.29, 0.717) is 25.6 Å². The van der Waals surface area contributed by atoms with Gasteiger partial charge in [0.1, 0.15) is 0 Å². The number of hydrogen-bond donors (Lipinski definition) is 1. The maximum absolute atomic E-state index is 11.6. The molecule has 4 nitrogen and oxygen atoms in total. The summed E-state index contributed by atoms with van der Waals surface area (Å²) in [7, 11) is 0. The zero-order valence-electron chi connectivity index (χ0n) is 9.19. The first kappa shape index (κ1) is 11.5. The van der Waals surface area contributed by atoms with Crippen molar-refractivity contribution in [3.8, 4) is 0 Å². The van der Waals surface area contributed by atoms with Crippen LogP contribution in [-0.2, 0) is 9.53 Å². The smallest absolute Gasteiger partial charge is 0.239 e. The van der Waals surface area contributed by atoms with E-state index in [2.05, 4.69) is 13.8 Å². The molecule has 0 aromatic rings. The second-order valence-corrected chi connectivity index (χ2v) is 4.23. The third-order valence-corrected chi connectivity index (χ3v) is 2.54. The number of ether oxygens (including phenoxy) is 1. The van der Waals surface area contributed by atoms with Gasteiger partial charge in [-0.3, -0.25) is 4.79 Å². The molecule has 1 aliphatic rings. The summed E-state index contributed by atoms with van der Waals surface area (Å²) in [5, 5.41) is 0. The summed E-state index contributed by atoms with van der Waals surface area (Å²) in [6, 6.07) is -0.402. The highest BCUT2D eigenvalue weighted by molar-refractivity contribution is 5.81. The molecule has 14 heavy (non-hydrogen) atoms. The Kier molecular flexibility index (Phi) is 3.89. The van der Waals surface area contributed by atoms with Gasteiger partial charge in [0.25, 0.3) is 0 Å². The third kappa shape index (κ3) is 2.69. The molecule has 1 aliphatic heterocycles. The fourth-order valence-corrected chi connectivity index (χ4v) is 1.57. The number of rotatable bonds is 2. The van der Waals surface area contributed by atoms with Gasteiger partial charge in [0.15, 0.2) is 0 Å². The highest BCUT2D eigenvalue weighted by Crippen LogP contribution is 2.13. The van der Waals surface area contributed by atoms with E-state index in [-0.39, 0.29) is 12.0 Å². The van der Waals surface area contributed by atoms with Gasteiger partial charge in [-0.15, -0.1) is 0 Å². The van der Waals surface area contributed by atoms with Crippen LogP contribution in [-0.4, -0.2) is 42.6 Å². The van der Waals surface area contributed by atoms with Gasteiger partial charge in [-0.2, -0.15) is 0 Å². The maximum atomic E-state index is 11.6. The Bertz CT molecular complexity index is 204. The standard InChI is InChI=1S/C10H20N2O2/c1-7(2)9-6-12(4-5-14-9)10(13)8(3)11/h7-9H,4-6,11H2,1-3H3/t8-,9?/m1/s1. The number of nitrogens with two attached hydrogens (primary N) is 1. The number of morpholine rings is 1. The largest absolute Gasteiger partial charge is 0.374 e. The normalized spacial score (nSPS) is 25.2. The Morgan fingerprint density at radius 3 is 2.64 bits per heavy atom. The lowest BCUT2D eigenvalue weighted by Crippen LogP contribution is -2.51. The van der Waals surface area contributed by atoms with Crippen molar-refractivity contribution in [2.45, 2.75) is 32.9 Å². The van der Waals surface area contributed by atoms with E-state index in [1.807, 2.05) is 0 Å². The van der Waals surface area contributed by atoms with E-state index in [1.54, 1.807) is 11.8 Å². The van der Waals surface area contributed by atoms with E-state index in [4.69, 9.17) is 10.5 Å². The zero-order valence-corrected chi connectivity index (χ0v) is 9.19. The Morgan fingerprint density at radius 1 is 1.50 bits per heavy atom. The summed E-state index contributed by atoms with van der Waals surface area (Å²) in [4.78, 5) is 13.4. The second kappa shape index (κ2) is 4.75. The van der Waals surface area contributed by atoms with Gasteiger partial charge < -0.3 is 15.4 Å². The van der Waals surface area contributed by atoms with Gasteiger partial charge in [0.2, 0.25) is 5.91 Å². The number of nitrogens with zero attached hydrogens (tertiary/aromatic N) is 1. The minimum atomic E-state index is -0.402. The van der Waals surface area contributed by atoms with Crippen LogP contribution in [0.1, 0.15) is 20.8 Å². The predicted octanol–water partition coefficient (Wildman–Crippen LogP) is 0.217. The van der Waals surface area contributed by atoms with Crippen LogP contribution in [0.4, 0.5) is 0 Å². The van der Waals surface area contributed by atoms with E-state index in [9.17, 15) is 4.79 Å². The quantitative estimate of drug-likeness (QED) is 0.693. The molecule has 0 bridgehead atoms. The van der Waals surface area contributed by atoms with E-state index >= 15 is 0 Å². The van der Waals surface area contributed by atoms with Crippen molar-refractivity contribution in [2.75, 3.05) is 19.7 Å². The fraction of sp³-hybridized carbons (Fsp3) is 0.900. The average Bonchev–Trinajstić information content (AvgIpc) is 2.16. The molecule has 1 unspecified atom stereocenters. The molecule has 0 saturated carbocycles. The number of carbonyl (C=O) groups excluding carboxylic acids is 1. The summed E-state index contributed by atoms with van der Waals surface area (Å²) in [6.07, 6.45) is 0.159. The second-order valence-electron chi connectivity index (χ2n) is 4.23. The first-order valence-corrected chi connectivity index (χ1v) is 5.18. The van der Waals surface area contributed by atoms with Gasteiger partial charge in [-0.05, 0) is 12.8 Å². The zero-order chi connectivity index (χ0) is 10.7. The van der Waals surface area contributed by atoms with Crippen molar-refractivity contribution in [3.63, 3.8) is 0 Å². The van der Waals surface area contributed by atoms with Crippen molar-refractivity contribution < 1.29 is 9.53 Å². The molecule has 1 heterocycles. The van der Waals surface area contributed by atoms with Crippen molar-refractivity contribution in [1.29, 1.82) is 0 Å². The van der Waals surface area contributed by atoms with Crippen LogP contribution in [0.2, 0.25) is 0 Å². The van der Waals surface area contributed by atoms with Crippen LogP contribution < -0.4 is 5.73 Å². The Hall–Kier alpha value is -0.610. The van der Waals surface area contributed by atoms with Crippen LogP contribution in [0.5, 0.6) is 0 Å². The molecule has 0 aromatic heterocycles. The first-order valence-electron chi connectivity index (χ1n) is 5.18. The van der Waals surface area contributed by atoms with Gasteiger partial charge in [0.05, 0.1) is 18.8 Å². The molecule has 0 spiro atoms. The Morgan fingerprint density at radius 2 is 2.14 bits per heavy atom. The molecule has 0 aromatic carbocycles. The van der Waals surface area contributed by atoms with Gasteiger partial charge in [0, 0.05) is 13.1 Å². The maximum Gasteiger partial charge on any atom is 0.239 e. The van der Waals surface area contributed by atoms with Crippen molar-refractivity contribution in [3.05, 3.63) is 0 Å². The van der Waals surface area contributed by atoms with Crippen LogP contribution in [0.25, 0.3) is 0 Å². The molecular formula is C10H20N2O2. The summed E-state index contributed by atoms with van der Waals surface area (Å²) < 4.78 is 5.56. The van der Waals surface area contributed by atoms with Gasteiger partial charge >= 0.3 is 0 Å². The highest BCUT2D eigenvalue weighted by Gasteiger charge is 2.27. The summed E-state index contributed by atoms with van der Waals surface area (Å²) in [6.45, 7) is 7.90. The molecule has 82 valence electrons. The van der Waals surface area contributed by atoms with Crippen molar-refractivity contribution in [1.82, 2.24) is 4.90 Å². The molecule has 2 atom stereocenters. The number of carbonyl (C=O) groups is 1. The van der Waals surface area contributed by atoms with Crippen LogP contribution >= 0.6 is 0 Å². The van der Waals surface area contributed by atoms with E-state index in [1.165, 1.54) is 0 Å². The van der Waals surface area contributed by atoms with Crippen LogP contribution in [0.3, 0.4) is 0 Å². The van der Waals surface area contributed by atoms with Crippen LogP contribution in [0.15, 0.2) is 0 Å². The van der Waals surface area contributed by atoms with Crippen molar-refractivity contribution in [2.24, 2.45) is 11.7 Å². The van der Waals surface area contributed by atoms with E-state index < -0.39 is 6.04 Å². The SMILES string of the molecule is CC(C)C1CN(C(=O)[C@@H](C)N)CCO1. The molecule has 0 radical (unpaired) electrons. The summed E-state index contributed by atoms with van der Waals surface area (Å²) >= 11 is 0. The molecule has 2 N–H and O–H groups in total. The predicted molar refractivity (Wildman–Crippen MR) is 54.8 cm³/mol. The van der Waals surface area contributed by atoms with Crippen LogP contribution in [0, 0.1) is 5.92 Å². The summed E-state index contributed by atoms with van der Waals surface area (Å²) in [5.41, 5.74) is 5.56. The molecule has 1 amide bonds. The number of hydrogen-bond acceptors (Lipinski definition) is 3. The number of amides is 1. The molecule has 4 heteroatoms. The average molecular weight is 200 g/mol. The van der Waals surface area contributed by atoms with E-state index in [0.717, 1.165) is 0 Å². The lowest BCUT2D eigenvalue weighted by Gasteiger charge is -2.35. The van der Waals surface area contributed by atoms with Crippen molar-refractivity contribution >= 4 is 5.91 Å². The molecule has 1 fully saturated rings. The lowest BCUT2D eigenvalue weighted by atomic mass is 10.1. The fourth-order valence-electron chi connectivity index (χ4n) is 1.57. The monoisotopic (exact) mass is 200 g/mol. The van der Waals surface area contributed by atoms with Gasteiger partial charge in [-0.25, -0.2) is 0 Å². The minimum absolute atomic E-state index is 0.0268. The van der Waals surface area contributed by atoms with Gasteiger partial charge in [-0.1, -0.05) is 13.8 Å². The lowest BCUT2D eigenvalue weighted by molar-refractivity contribution is -0.141. The molecular weight excluding hydrogens is 180 g/mol.